The molecule has 1 heterocycles. The number of carbonyl (C=O) groups excluding carboxylic acids is 1. The average molecular weight is 530 g/mol. The molecule has 0 unspecified atom stereocenters. The second-order valence-corrected chi connectivity index (χ2v) is 9.10. The van der Waals surface area contributed by atoms with E-state index in [1.54, 1.807) is 4.90 Å². The van der Waals surface area contributed by atoms with Crippen LogP contribution in [0.1, 0.15) is 16.7 Å². The lowest BCUT2D eigenvalue weighted by Crippen LogP contribution is -2.45. The highest BCUT2D eigenvalue weighted by molar-refractivity contribution is 9.10. The zero-order valence-electron chi connectivity index (χ0n) is 15.4. The molecule has 0 bridgehead atoms. The van der Waals surface area contributed by atoms with Crippen molar-refractivity contribution in [3.63, 3.8) is 0 Å². The minimum absolute atomic E-state index is 0.0527. The maximum absolute atomic E-state index is 13.8. The number of benzene rings is 3. The zero-order chi connectivity index (χ0) is 20.4. The molecular weight excluding hydrogens is 512 g/mol. The smallest absolute Gasteiger partial charge is 0.263 e. The van der Waals surface area contributed by atoms with Crippen molar-refractivity contribution in [1.29, 1.82) is 0 Å². The summed E-state index contributed by atoms with van der Waals surface area (Å²) in [4.78, 5) is 15.5. The van der Waals surface area contributed by atoms with Gasteiger partial charge in [0.05, 0.1) is 0 Å². The molecule has 1 fully saturated rings. The Labute approximate surface area is 192 Å². The summed E-state index contributed by atoms with van der Waals surface area (Å²) in [5.41, 5.74) is 1.86. The van der Waals surface area contributed by atoms with E-state index in [0.717, 1.165) is 26.5 Å². The Morgan fingerprint density at radius 3 is 1.86 bits per heavy atom. The van der Waals surface area contributed by atoms with Gasteiger partial charge in [0.25, 0.3) is 5.91 Å². The van der Waals surface area contributed by atoms with Gasteiger partial charge in [0.15, 0.2) is 10.7 Å². The van der Waals surface area contributed by atoms with Gasteiger partial charge in [-0.3, -0.25) is 9.69 Å². The van der Waals surface area contributed by atoms with Gasteiger partial charge in [0.1, 0.15) is 0 Å². The molecule has 1 aliphatic rings. The lowest BCUT2D eigenvalue weighted by atomic mass is 9.82. The minimum atomic E-state index is -1.03. The summed E-state index contributed by atoms with van der Waals surface area (Å²) in [5.74, 6) is -0.0527. The van der Waals surface area contributed by atoms with Gasteiger partial charge in [-0.1, -0.05) is 86.5 Å². The van der Waals surface area contributed by atoms with Crippen LogP contribution >= 0.6 is 44.1 Å². The van der Waals surface area contributed by atoms with Gasteiger partial charge in [0, 0.05) is 15.5 Å². The number of thiocarbonyl (C=S) groups is 1. The molecule has 0 saturated carbocycles. The quantitative estimate of drug-likeness (QED) is 0.448. The summed E-state index contributed by atoms with van der Waals surface area (Å²) < 4.78 is 1.92. The molecule has 6 heteroatoms. The van der Waals surface area contributed by atoms with E-state index in [1.807, 2.05) is 66.7 Å². The van der Waals surface area contributed by atoms with Crippen LogP contribution in [0.4, 0.5) is 0 Å². The van der Waals surface area contributed by atoms with Gasteiger partial charge >= 0.3 is 0 Å². The molecule has 1 saturated heterocycles. The molecule has 3 aromatic carbocycles. The Morgan fingerprint density at radius 1 is 0.828 bits per heavy atom. The van der Waals surface area contributed by atoms with Gasteiger partial charge in [-0.25, -0.2) is 0 Å². The zero-order valence-corrected chi connectivity index (χ0v) is 19.4. The Hall–Kier alpha value is -2.02. The summed E-state index contributed by atoms with van der Waals surface area (Å²) in [6.45, 7) is 0.531. The normalized spacial score (nSPS) is 15.4. The molecule has 4 rings (SSSR count). The van der Waals surface area contributed by atoms with Crippen LogP contribution in [0.5, 0.6) is 0 Å². The first kappa shape index (κ1) is 20.3. The number of amides is 1. The highest BCUT2D eigenvalue weighted by Gasteiger charge is 2.51. The summed E-state index contributed by atoms with van der Waals surface area (Å²) in [6.07, 6.45) is 0.741. The number of halogens is 2. The second-order valence-electron chi connectivity index (χ2n) is 6.89. The molecule has 1 N–H and O–H groups in total. The van der Waals surface area contributed by atoms with Crippen LogP contribution in [-0.2, 0) is 16.8 Å². The van der Waals surface area contributed by atoms with E-state index in [1.165, 1.54) is 5.56 Å². The number of hydrogen-bond donors (Lipinski definition) is 1. The topological polar surface area (TPSA) is 32.3 Å². The lowest BCUT2D eigenvalue weighted by Gasteiger charge is -2.28. The number of carbonyl (C=O) groups is 1. The highest BCUT2D eigenvalue weighted by Crippen LogP contribution is 2.37. The van der Waals surface area contributed by atoms with Crippen LogP contribution in [0.15, 0.2) is 87.8 Å². The van der Waals surface area contributed by atoms with E-state index in [-0.39, 0.29) is 5.91 Å². The number of hydrogen-bond acceptors (Lipinski definition) is 2. The van der Waals surface area contributed by atoms with Crippen molar-refractivity contribution in [3.8, 4) is 0 Å². The average Bonchev–Trinajstić information content (AvgIpc) is 2.99. The third-order valence-electron chi connectivity index (χ3n) is 5.13. The first-order valence-electron chi connectivity index (χ1n) is 9.21. The SMILES string of the molecule is O=C1N(CCc2ccccc2)C(=S)NC1(c1ccc(Br)cc1)c1ccc(Br)cc1. The van der Waals surface area contributed by atoms with Crippen LogP contribution in [0, 0.1) is 0 Å². The fourth-order valence-electron chi connectivity index (χ4n) is 3.62. The van der Waals surface area contributed by atoms with Crippen molar-refractivity contribution < 1.29 is 4.79 Å². The lowest BCUT2D eigenvalue weighted by molar-refractivity contribution is -0.129. The molecule has 0 aromatic heterocycles. The van der Waals surface area contributed by atoms with Crippen molar-refractivity contribution >= 4 is 55.1 Å². The van der Waals surface area contributed by atoms with E-state index in [4.69, 9.17) is 12.2 Å². The number of nitrogens with one attached hydrogen (secondary N) is 1. The Morgan fingerprint density at radius 2 is 1.34 bits per heavy atom. The number of rotatable bonds is 5. The van der Waals surface area contributed by atoms with E-state index in [0.29, 0.717) is 11.7 Å². The van der Waals surface area contributed by atoms with Crippen LogP contribution in [-0.4, -0.2) is 22.5 Å². The van der Waals surface area contributed by atoms with E-state index in [9.17, 15) is 4.79 Å². The summed E-state index contributed by atoms with van der Waals surface area (Å²) in [7, 11) is 0. The van der Waals surface area contributed by atoms with Crippen LogP contribution in [0.3, 0.4) is 0 Å². The Kier molecular flexibility index (Phi) is 5.86. The first-order valence-corrected chi connectivity index (χ1v) is 11.2. The van der Waals surface area contributed by atoms with Gasteiger partial charge in [-0.15, -0.1) is 0 Å². The van der Waals surface area contributed by atoms with Gasteiger partial charge in [-0.05, 0) is 59.6 Å². The maximum atomic E-state index is 13.8. The monoisotopic (exact) mass is 528 g/mol. The van der Waals surface area contributed by atoms with Crippen molar-refractivity contribution in [2.45, 2.75) is 12.0 Å². The van der Waals surface area contributed by atoms with Crippen LogP contribution in [0.25, 0.3) is 0 Å². The Bertz CT molecular complexity index is 991. The fraction of sp³-hybridized carbons (Fsp3) is 0.130. The van der Waals surface area contributed by atoms with Gasteiger partial charge in [-0.2, -0.15) is 0 Å². The molecule has 3 aromatic rings. The van der Waals surface area contributed by atoms with E-state index in [2.05, 4.69) is 49.3 Å². The molecule has 29 heavy (non-hydrogen) atoms. The molecule has 0 aliphatic carbocycles. The third kappa shape index (κ3) is 3.89. The van der Waals surface area contributed by atoms with Crippen LogP contribution in [0.2, 0.25) is 0 Å². The maximum Gasteiger partial charge on any atom is 0.263 e. The van der Waals surface area contributed by atoms with E-state index >= 15 is 0 Å². The number of nitrogens with zero attached hydrogens (tertiary/aromatic N) is 1. The third-order valence-corrected chi connectivity index (χ3v) is 6.51. The summed E-state index contributed by atoms with van der Waals surface area (Å²) in [6, 6.07) is 25.7. The fourth-order valence-corrected chi connectivity index (χ4v) is 4.48. The molecular formula is C23H18Br2N2OS. The molecule has 1 amide bonds. The summed E-state index contributed by atoms with van der Waals surface area (Å²) in [5, 5.41) is 3.81. The van der Waals surface area contributed by atoms with Gasteiger partial charge < -0.3 is 5.32 Å². The standard InChI is InChI=1S/C23H18Br2N2OS/c24-19-10-6-17(7-11-19)23(18-8-12-20(25)13-9-18)21(28)27(22(29)26-23)15-14-16-4-2-1-3-5-16/h1-13H,14-15H2,(H,26,29). The molecule has 1 aliphatic heterocycles. The summed E-state index contributed by atoms with van der Waals surface area (Å²) >= 11 is 12.6. The van der Waals surface area contributed by atoms with Crippen LogP contribution < -0.4 is 5.32 Å². The molecule has 0 radical (unpaired) electrons. The minimum Gasteiger partial charge on any atom is -0.341 e. The molecule has 0 atom stereocenters. The van der Waals surface area contributed by atoms with Crippen molar-refractivity contribution in [3.05, 3.63) is 104 Å². The highest BCUT2D eigenvalue weighted by atomic mass is 79.9. The van der Waals surface area contributed by atoms with Crippen molar-refractivity contribution in [2.75, 3.05) is 6.54 Å². The Balaban J connectivity index is 1.73. The second kappa shape index (κ2) is 8.38. The molecule has 3 nitrogen and oxygen atoms in total. The van der Waals surface area contributed by atoms with Crippen molar-refractivity contribution in [1.82, 2.24) is 10.2 Å². The van der Waals surface area contributed by atoms with E-state index < -0.39 is 5.54 Å². The molecule has 0 spiro atoms. The molecule has 146 valence electrons. The predicted molar refractivity (Wildman–Crippen MR) is 127 cm³/mol. The largest absolute Gasteiger partial charge is 0.341 e. The van der Waals surface area contributed by atoms with Crippen molar-refractivity contribution in [2.24, 2.45) is 0 Å². The first-order chi connectivity index (χ1) is 14.0. The van der Waals surface area contributed by atoms with Gasteiger partial charge in [0.2, 0.25) is 0 Å². The predicted octanol–water partition coefficient (Wildman–Crippen LogP) is 5.41.